The molecule has 0 fully saturated rings. The first kappa shape index (κ1) is 15.1. The number of benzene rings is 1. The van der Waals surface area contributed by atoms with Gasteiger partial charge in [-0.3, -0.25) is 0 Å². The van der Waals surface area contributed by atoms with Crippen molar-refractivity contribution in [3.05, 3.63) is 53.3 Å². The Morgan fingerprint density at radius 1 is 1.38 bits per heavy atom. The molecule has 0 amide bonds. The van der Waals surface area contributed by atoms with Gasteiger partial charge in [-0.2, -0.15) is 5.26 Å². The van der Waals surface area contributed by atoms with E-state index in [1.807, 2.05) is 12.1 Å². The molecule has 2 rings (SSSR count). The molecular weight excluding hydrogens is 262 g/mol. The van der Waals surface area contributed by atoms with E-state index >= 15 is 0 Å². The maximum atomic E-state index is 9.00. The second-order valence-corrected chi connectivity index (χ2v) is 5.04. The number of aromatic nitrogens is 1. The molecule has 0 bridgehead atoms. The number of hydrogen-bond donors (Lipinski definition) is 1. The summed E-state index contributed by atoms with van der Waals surface area (Å²) in [6.45, 7) is 5.99. The molecule has 1 unspecified atom stereocenters. The second-order valence-electron chi connectivity index (χ2n) is 5.04. The normalized spacial score (nSPS) is 11.9. The van der Waals surface area contributed by atoms with Crippen LogP contribution >= 0.6 is 0 Å². The Balaban J connectivity index is 2.14. The van der Waals surface area contributed by atoms with E-state index in [1.165, 1.54) is 5.56 Å². The molecule has 0 aliphatic heterocycles. The first-order chi connectivity index (χ1) is 10.2. The highest BCUT2D eigenvalue weighted by Crippen LogP contribution is 2.20. The average Bonchev–Trinajstić information content (AvgIpc) is 2.96. The lowest BCUT2D eigenvalue weighted by molar-refractivity contribution is 0.413. The van der Waals surface area contributed by atoms with Crippen LogP contribution in [0.2, 0.25) is 0 Å². The molecule has 1 atom stereocenters. The Morgan fingerprint density at radius 2 is 2.19 bits per heavy atom. The summed E-state index contributed by atoms with van der Waals surface area (Å²) < 4.78 is 7.39. The number of nitrogens with one attached hydrogen (secondary N) is 1. The quantitative estimate of drug-likeness (QED) is 0.886. The average molecular weight is 283 g/mol. The van der Waals surface area contributed by atoms with Gasteiger partial charge in [-0.1, -0.05) is 13.0 Å². The van der Waals surface area contributed by atoms with Crippen molar-refractivity contribution < 1.29 is 4.74 Å². The molecule has 2 aromatic rings. The van der Waals surface area contributed by atoms with E-state index in [0.29, 0.717) is 17.4 Å². The van der Waals surface area contributed by atoms with E-state index in [0.717, 1.165) is 18.7 Å². The molecule has 1 N–H and O–H groups in total. The van der Waals surface area contributed by atoms with Gasteiger partial charge in [-0.15, -0.1) is 0 Å². The number of hydrogen-bond acceptors (Lipinski definition) is 3. The van der Waals surface area contributed by atoms with Gasteiger partial charge < -0.3 is 14.6 Å². The highest BCUT2D eigenvalue weighted by Gasteiger charge is 2.07. The second kappa shape index (κ2) is 6.96. The van der Waals surface area contributed by atoms with E-state index in [1.54, 1.807) is 13.2 Å². The zero-order chi connectivity index (χ0) is 15.2. The van der Waals surface area contributed by atoms with Crippen LogP contribution in [0.3, 0.4) is 0 Å². The number of rotatable bonds is 6. The van der Waals surface area contributed by atoms with E-state index < -0.39 is 0 Å². The predicted molar refractivity (Wildman–Crippen MR) is 83.3 cm³/mol. The predicted octanol–water partition coefficient (Wildman–Crippen LogP) is 3.09. The molecule has 21 heavy (non-hydrogen) atoms. The summed E-state index contributed by atoms with van der Waals surface area (Å²) in [5.74, 6) is 0.628. The highest BCUT2D eigenvalue weighted by atomic mass is 16.5. The molecule has 0 saturated carbocycles. The topological polar surface area (TPSA) is 50.0 Å². The third-order valence-electron chi connectivity index (χ3n) is 3.54. The highest BCUT2D eigenvalue weighted by molar-refractivity contribution is 5.45. The van der Waals surface area contributed by atoms with Crippen molar-refractivity contribution in [3.8, 4) is 11.8 Å². The van der Waals surface area contributed by atoms with Crippen molar-refractivity contribution in [1.29, 1.82) is 5.26 Å². The number of ether oxygens (including phenoxy) is 1. The summed E-state index contributed by atoms with van der Waals surface area (Å²) in [4.78, 5) is 0. The molecule has 0 radical (unpaired) electrons. The monoisotopic (exact) mass is 283 g/mol. The Labute approximate surface area is 126 Å². The van der Waals surface area contributed by atoms with Crippen molar-refractivity contribution in [2.75, 3.05) is 13.7 Å². The van der Waals surface area contributed by atoms with Gasteiger partial charge in [0.25, 0.3) is 0 Å². The van der Waals surface area contributed by atoms with Crippen LogP contribution in [-0.2, 0) is 6.54 Å². The fourth-order valence-electron chi connectivity index (χ4n) is 2.38. The molecule has 4 heteroatoms. The largest absolute Gasteiger partial charge is 0.495 e. The number of methoxy groups -OCH3 is 1. The van der Waals surface area contributed by atoms with Gasteiger partial charge in [0.15, 0.2) is 0 Å². The fraction of sp³-hybridized carbons (Fsp3) is 0.353. The molecule has 0 aliphatic carbocycles. The molecule has 0 spiro atoms. The van der Waals surface area contributed by atoms with E-state index in [-0.39, 0.29) is 0 Å². The molecule has 4 nitrogen and oxygen atoms in total. The van der Waals surface area contributed by atoms with Crippen molar-refractivity contribution >= 4 is 0 Å². The summed E-state index contributed by atoms with van der Waals surface area (Å²) >= 11 is 0. The Hall–Kier alpha value is -2.25. The van der Waals surface area contributed by atoms with E-state index in [2.05, 4.69) is 48.3 Å². The van der Waals surface area contributed by atoms with Gasteiger partial charge >= 0.3 is 0 Å². The first-order valence-corrected chi connectivity index (χ1v) is 7.14. The first-order valence-electron chi connectivity index (χ1n) is 7.14. The van der Waals surface area contributed by atoms with E-state index in [4.69, 9.17) is 10.00 Å². The smallest absolute Gasteiger partial charge is 0.136 e. The zero-order valence-corrected chi connectivity index (χ0v) is 12.8. The van der Waals surface area contributed by atoms with Crippen LogP contribution in [0.4, 0.5) is 0 Å². The van der Waals surface area contributed by atoms with Crippen LogP contribution in [0.25, 0.3) is 0 Å². The van der Waals surface area contributed by atoms with E-state index in [9.17, 15) is 0 Å². The lowest BCUT2D eigenvalue weighted by Gasteiger charge is -2.10. The SMILES string of the molecule is CCNC(C)c1ccn(Cc2ccc(C#N)c(OC)c2)c1. The van der Waals surface area contributed by atoms with Crippen molar-refractivity contribution in [1.82, 2.24) is 9.88 Å². The van der Waals surface area contributed by atoms with Crippen molar-refractivity contribution in [2.24, 2.45) is 0 Å². The maximum Gasteiger partial charge on any atom is 0.136 e. The standard InChI is InChI=1S/C17H21N3O/c1-4-19-13(2)16-7-8-20(12-16)11-14-5-6-15(10-18)17(9-14)21-3/h5-9,12-13,19H,4,11H2,1-3H3. The van der Waals surface area contributed by atoms with Gasteiger partial charge in [-0.25, -0.2) is 0 Å². The van der Waals surface area contributed by atoms with Crippen LogP contribution in [-0.4, -0.2) is 18.2 Å². The van der Waals surface area contributed by atoms with Crippen LogP contribution in [0.15, 0.2) is 36.7 Å². The summed E-state index contributed by atoms with van der Waals surface area (Å²) in [6.07, 6.45) is 4.23. The van der Waals surface area contributed by atoms with Crippen LogP contribution < -0.4 is 10.1 Å². The minimum absolute atomic E-state index is 0.353. The molecule has 0 aliphatic rings. The summed E-state index contributed by atoms with van der Waals surface area (Å²) in [6, 6.07) is 10.3. The lowest BCUT2D eigenvalue weighted by Crippen LogP contribution is -2.17. The zero-order valence-electron chi connectivity index (χ0n) is 12.8. The van der Waals surface area contributed by atoms with Crippen molar-refractivity contribution in [3.63, 3.8) is 0 Å². The Morgan fingerprint density at radius 3 is 2.86 bits per heavy atom. The van der Waals surface area contributed by atoms with Crippen molar-refractivity contribution in [2.45, 2.75) is 26.4 Å². The molecule has 0 saturated heterocycles. The fourth-order valence-corrected chi connectivity index (χ4v) is 2.38. The minimum Gasteiger partial charge on any atom is -0.495 e. The third-order valence-corrected chi connectivity index (χ3v) is 3.54. The number of nitriles is 1. The molecule has 110 valence electrons. The molecule has 1 heterocycles. The lowest BCUT2D eigenvalue weighted by atomic mass is 10.1. The third kappa shape index (κ3) is 3.65. The van der Waals surface area contributed by atoms with Gasteiger partial charge in [0.1, 0.15) is 11.8 Å². The van der Waals surface area contributed by atoms with Gasteiger partial charge in [0.2, 0.25) is 0 Å². The van der Waals surface area contributed by atoms with Gasteiger partial charge in [0, 0.05) is 25.0 Å². The molecular formula is C17H21N3O. The summed E-state index contributed by atoms with van der Waals surface area (Å²) in [7, 11) is 1.59. The number of nitrogens with zero attached hydrogens (tertiary/aromatic N) is 2. The Bertz CT molecular complexity index is 640. The van der Waals surface area contributed by atoms with Crippen LogP contribution in [0.5, 0.6) is 5.75 Å². The van der Waals surface area contributed by atoms with Gasteiger partial charge in [-0.05, 0) is 42.8 Å². The summed E-state index contributed by atoms with van der Waals surface area (Å²) in [5, 5.41) is 12.4. The maximum absolute atomic E-state index is 9.00. The minimum atomic E-state index is 0.353. The van der Waals surface area contributed by atoms with Crippen LogP contribution in [0.1, 0.15) is 36.6 Å². The summed E-state index contributed by atoms with van der Waals surface area (Å²) in [5.41, 5.74) is 2.96. The Kier molecular flexibility index (Phi) is 5.02. The van der Waals surface area contributed by atoms with Crippen LogP contribution in [0, 0.1) is 11.3 Å². The molecule has 1 aromatic carbocycles. The van der Waals surface area contributed by atoms with Gasteiger partial charge in [0.05, 0.1) is 12.7 Å². The molecule has 1 aromatic heterocycles.